The molecule has 1 aromatic heterocycles. The van der Waals surface area contributed by atoms with Gasteiger partial charge in [0.1, 0.15) is 5.82 Å². The fourth-order valence-electron chi connectivity index (χ4n) is 3.38. The average molecular weight is 320 g/mol. The van der Waals surface area contributed by atoms with Crippen molar-refractivity contribution in [3.8, 4) is 5.69 Å². The molecule has 0 bridgehead atoms. The Morgan fingerprint density at radius 1 is 1.17 bits per heavy atom. The Labute approximate surface area is 140 Å². The van der Waals surface area contributed by atoms with E-state index in [2.05, 4.69) is 15.6 Å². The van der Waals surface area contributed by atoms with Crippen molar-refractivity contribution in [2.45, 2.75) is 19.4 Å². The molecule has 3 aromatic rings. The molecule has 2 heterocycles. The Balaban J connectivity index is 1.66. The molecule has 1 atom stereocenters. The molecule has 1 amide bonds. The molecule has 0 spiro atoms. The van der Waals surface area contributed by atoms with Crippen LogP contribution in [-0.4, -0.2) is 39.5 Å². The van der Waals surface area contributed by atoms with Crippen molar-refractivity contribution in [2.24, 2.45) is 5.73 Å². The minimum Gasteiger partial charge on any atom is -0.337 e. The first-order valence-corrected chi connectivity index (χ1v) is 8.23. The Hall–Kier alpha value is -2.66. The van der Waals surface area contributed by atoms with E-state index in [1.165, 1.54) is 0 Å². The fourth-order valence-corrected chi connectivity index (χ4v) is 3.38. The van der Waals surface area contributed by atoms with E-state index in [1.807, 2.05) is 54.3 Å². The molecule has 1 aliphatic rings. The average Bonchev–Trinajstić information content (AvgIpc) is 3.17. The van der Waals surface area contributed by atoms with Crippen LogP contribution in [0.1, 0.15) is 22.6 Å². The minimum absolute atomic E-state index is 0.0571. The van der Waals surface area contributed by atoms with Crippen molar-refractivity contribution in [3.63, 3.8) is 0 Å². The number of nitrogens with zero attached hydrogens (tertiary/aromatic N) is 3. The summed E-state index contributed by atoms with van der Waals surface area (Å²) in [6.07, 6.45) is 0.879. The van der Waals surface area contributed by atoms with Crippen LogP contribution in [0.15, 0.2) is 48.5 Å². The standard InChI is InChI=1S/C19H20N4O/c1-13-21-17-4-2-3-5-18(17)23(13)16-8-6-14(7-9-16)19(24)22-11-10-15(20)12-22/h2-9,15H,10-12,20H2,1H3. The molecule has 1 saturated heterocycles. The third kappa shape index (κ3) is 2.47. The van der Waals surface area contributed by atoms with Crippen molar-refractivity contribution >= 4 is 16.9 Å². The van der Waals surface area contributed by atoms with E-state index in [0.29, 0.717) is 12.1 Å². The van der Waals surface area contributed by atoms with Crippen LogP contribution in [0.2, 0.25) is 0 Å². The zero-order valence-electron chi connectivity index (χ0n) is 13.6. The number of amides is 1. The van der Waals surface area contributed by atoms with E-state index in [0.717, 1.165) is 35.5 Å². The molecular formula is C19H20N4O. The van der Waals surface area contributed by atoms with E-state index in [9.17, 15) is 4.79 Å². The maximum atomic E-state index is 12.5. The number of fused-ring (bicyclic) bond motifs is 1. The van der Waals surface area contributed by atoms with Crippen molar-refractivity contribution in [2.75, 3.05) is 13.1 Å². The number of benzene rings is 2. The number of hydrogen-bond acceptors (Lipinski definition) is 3. The summed E-state index contributed by atoms with van der Waals surface area (Å²) in [6, 6.07) is 15.9. The predicted molar refractivity (Wildman–Crippen MR) is 94.3 cm³/mol. The fraction of sp³-hybridized carbons (Fsp3) is 0.263. The van der Waals surface area contributed by atoms with E-state index in [1.54, 1.807) is 0 Å². The molecule has 0 saturated carbocycles. The van der Waals surface area contributed by atoms with Crippen LogP contribution < -0.4 is 5.73 Å². The van der Waals surface area contributed by atoms with Crippen LogP contribution >= 0.6 is 0 Å². The van der Waals surface area contributed by atoms with Crippen molar-refractivity contribution in [3.05, 3.63) is 59.9 Å². The Bertz CT molecular complexity index is 897. The molecule has 0 radical (unpaired) electrons. The third-order valence-electron chi connectivity index (χ3n) is 4.61. The van der Waals surface area contributed by atoms with Gasteiger partial charge in [0.15, 0.2) is 0 Å². The van der Waals surface area contributed by atoms with Gasteiger partial charge in [-0.2, -0.15) is 0 Å². The number of hydrogen-bond donors (Lipinski definition) is 1. The van der Waals surface area contributed by atoms with E-state index in [4.69, 9.17) is 5.73 Å². The second-order valence-corrected chi connectivity index (χ2v) is 6.33. The third-order valence-corrected chi connectivity index (χ3v) is 4.61. The van der Waals surface area contributed by atoms with Gasteiger partial charge in [0, 0.05) is 30.4 Å². The molecule has 2 aromatic carbocycles. The Morgan fingerprint density at radius 2 is 1.92 bits per heavy atom. The molecule has 1 aliphatic heterocycles. The molecular weight excluding hydrogens is 300 g/mol. The summed E-state index contributed by atoms with van der Waals surface area (Å²) in [4.78, 5) is 18.9. The summed E-state index contributed by atoms with van der Waals surface area (Å²) < 4.78 is 2.11. The zero-order chi connectivity index (χ0) is 16.7. The number of likely N-dealkylation sites (tertiary alicyclic amines) is 1. The number of carbonyl (C=O) groups is 1. The highest BCUT2D eigenvalue weighted by Crippen LogP contribution is 2.22. The first-order chi connectivity index (χ1) is 11.6. The van der Waals surface area contributed by atoms with Gasteiger partial charge >= 0.3 is 0 Å². The maximum absolute atomic E-state index is 12.5. The monoisotopic (exact) mass is 320 g/mol. The van der Waals surface area contributed by atoms with E-state index < -0.39 is 0 Å². The molecule has 122 valence electrons. The molecule has 2 N–H and O–H groups in total. The van der Waals surface area contributed by atoms with Crippen molar-refractivity contribution in [1.29, 1.82) is 0 Å². The number of nitrogens with two attached hydrogens (primary N) is 1. The van der Waals surface area contributed by atoms with Gasteiger partial charge in [0.05, 0.1) is 11.0 Å². The van der Waals surface area contributed by atoms with E-state index >= 15 is 0 Å². The highest BCUT2D eigenvalue weighted by molar-refractivity contribution is 5.94. The van der Waals surface area contributed by atoms with Crippen LogP contribution in [0.3, 0.4) is 0 Å². The van der Waals surface area contributed by atoms with Gasteiger partial charge in [-0.1, -0.05) is 12.1 Å². The first kappa shape index (κ1) is 14.9. The molecule has 4 rings (SSSR count). The second-order valence-electron chi connectivity index (χ2n) is 6.33. The number of carbonyl (C=O) groups excluding carboxylic acids is 1. The van der Waals surface area contributed by atoms with Gasteiger partial charge in [-0.15, -0.1) is 0 Å². The van der Waals surface area contributed by atoms with Crippen molar-refractivity contribution < 1.29 is 4.79 Å². The highest BCUT2D eigenvalue weighted by atomic mass is 16.2. The lowest BCUT2D eigenvalue weighted by atomic mass is 10.1. The van der Waals surface area contributed by atoms with Gasteiger partial charge in [-0.3, -0.25) is 9.36 Å². The SMILES string of the molecule is Cc1nc2ccccc2n1-c1ccc(C(=O)N2CCC(N)C2)cc1. The molecule has 5 nitrogen and oxygen atoms in total. The summed E-state index contributed by atoms with van der Waals surface area (Å²) in [5, 5.41) is 0. The highest BCUT2D eigenvalue weighted by Gasteiger charge is 2.24. The molecule has 5 heteroatoms. The van der Waals surface area contributed by atoms with Crippen LogP contribution in [0.4, 0.5) is 0 Å². The molecule has 24 heavy (non-hydrogen) atoms. The summed E-state index contributed by atoms with van der Waals surface area (Å²) in [6.45, 7) is 3.38. The summed E-state index contributed by atoms with van der Waals surface area (Å²) in [7, 11) is 0. The first-order valence-electron chi connectivity index (χ1n) is 8.23. The second kappa shape index (κ2) is 5.76. The lowest BCUT2D eigenvalue weighted by Crippen LogP contribution is -2.31. The summed E-state index contributed by atoms with van der Waals surface area (Å²) >= 11 is 0. The van der Waals surface area contributed by atoms with Crippen molar-refractivity contribution in [1.82, 2.24) is 14.5 Å². The summed E-state index contributed by atoms with van der Waals surface area (Å²) in [5.74, 6) is 0.988. The predicted octanol–water partition coefficient (Wildman–Crippen LogP) is 2.51. The largest absolute Gasteiger partial charge is 0.337 e. The lowest BCUT2D eigenvalue weighted by Gasteiger charge is -2.16. The van der Waals surface area contributed by atoms with Gasteiger partial charge < -0.3 is 10.6 Å². The smallest absolute Gasteiger partial charge is 0.253 e. The number of rotatable bonds is 2. The Morgan fingerprint density at radius 3 is 2.62 bits per heavy atom. The van der Waals surface area contributed by atoms with Crippen LogP contribution in [0.5, 0.6) is 0 Å². The van der Waals surface area contributed by atoms with Crippen LogP contribution in [0, 0.1) is 6.92 Å². The van der Waals surface area contributed by atoms with Gasteiger partial charge in [-0.05, 0) is 49.7 Å². The van der Waals surface area contributed by atoms with Gasteiger partial charge in [-0.25, -0.2) is 4.98 Å². The number of imidazole rings is 1. The number of para-hydroxylation sites is 2. The van der Waals surface area contributed by atoms with Crippen LogP contribution in [0.25, 0.3) is 16.7 Å². The van der Waals surface area contributed by atoms with Gasteiger partial charge in [0.25, 0.3) is 5.91 Å². The summed E-state index contributed by atoms with van der Waals surface area (Å²) in [5.41, 5.74) is 9.65. The topological polar surface area (TPSA) is 64.2 Å². The van der Waals surface area contributed by atoms with Crippen LogP contribution in [-0.2, 0) is 0 Å². The normalized spacial score (nSPS) is 17.6. The molecule has 1 fully saturated rings. The lowest BCUT2D eigenvalue weighted by molar-refractivity contribution is 0.0791. The quantitative estimate of drug-likeness (QED) is 0.789. The van der Waals surface area contributed by atoms with Gasteiger partial charge in [0.2, 0.25) is 0 Å². The number of aromatic nitrogens is 2. The van der Waals surface area contributed by atoms with E-state index in [-0.39, 0.29) is 11.9 Å². The number of aryl methyl sites for hydroxylation is 1. The Kier molecular flexibility index (Phi) is 3.58. The molecule has 0 aliphatic carbocycles. The minimum atomic E-state index is 0.0571. The molecule has 1 unspecified atom stereocenters. The zero-order valence-corrected chi connectivity index (χ0v) is 13.6. The maximum Gasteiger partial charge on any atom is 0.253 e.